The van der Waals surface area contributed by atoms with Crippen molar-refractivity contribution in [2.24, 2.45) is 0 Å². The molecule has 80 valence electrons. The summed E-state index contributed by atoms with van der Waals surface area (Å²) < 4.78 is 0. The van der Waals surface area contributed by atoms with Crippen LogP contribution in [-0.2, 0) is 0 Å². The van der Waals surface area contributed by atoms with Gasteiger partial charge in [-0.15, -0.1) is 11.8 Å². The highest BCUT2D eigenvalue weighted by Crippen LogP contribution is 2.17. The maximum Gasteiger partial charge on any atom is 0.00750 e. The molecule has 0 amide bonds. The van der Waals surface area contributed by atoms with E-state index in [-0.39, 0.29) is 0 Å². The van der Waals surface area contributed by atoms with Crippen LogP contribution < -0.4 is 0 Å². The molecule has 2 aromatic carbocycles. The highest BCUT2D eigenvalue weighted by atomic mass is 32.2. The average molecular weight is 226 g/mol. The molecule has 0 saturated carbocycles. The van der Waals surface area contributed by atoms with E-state index in [1.54, 1.807) is 11.8 Å². The fraction of sp³-hybridized carbons (Fsp3) is 0.0667. The Balaban J connectivity index is 2.17. The van der Waals surface area contributed by atoms with Crippen molar-refractivity contribution in [3.8, 4) is 0 Å². The average Bonchev–Trinajstić information content (AvgIpc) is 2.38. The summed E-state index contributed by atoms with van der Waals surface area (Å²) in [6.45, 7) is 0. The summed E-state index contributed by atoms with van der Waals surface area (Å²) in [6, 6.07) is 18.9. The van der Waals surface area contributed by atoms with Gasteiger partial charge in [0.25, 0.3) is 0 Å². The minimum Gasteiger partial charge on any atom is -0.130 e. The molecule has 0 spiro atoms. The molecule has 1 heteroatoms. The monoisotopic (exact) mass is 226 g/mol. The molecule has 0 aromatic heterocycles. The number of hydrogen-bond acceptors (Lipinski definition) is 1. The third-order valence-electron chi connectivity index (χ3n) is 2.36. The lowest BCUT2D eigenvalue weighted by molar-refractivity contribution is 1.45. The third-order valence-corrected chi connectivity index (χ3v) is 3.09. The summed E-state index contributed by atoms with van der Waals surface area (Å²) in [6.07, 6.45) is 6.38. The van der Waals surface area contributed by atoms with Crippen molar-refractivity contribution in [1.29, 1.82) is 0 Å². The van der Waals surface area contributed by atoms with E-state index in [0.717, 1.165) is 0 Å². The highest BCUT2D eigenvalue weighted by Gasteiger charge is 1.90. The second kappa shape index (κ2) is 5.57. The van der Waals surface area contributed by atoms with E-state index in [2.05, 4.69) is 66.9 Å². The quantitative estimate of drug-likeness (QED) is 0.545. The summed E-state index contributed by atoms with van der Waals surface area (Å²) >= 11 is 1.77. The van der Waals surface area contributed by atoms with E-state index in [1.807, 2.05) is 6.07 Å². The van der Waals surface area contributed by atoms with Gasteiger partial charge in [-0.2, -0.15) is 0 Å². The molecular formula is C15H14S. The Hall–Kier alpha value is -1.47. The SMILES string of the molecule is CSc1cccc(C=Cc2ccccc2)c1. The van der Waals surface area contributed by atoms with Gasteiger partial charge < -0.3 is 0 Å². The Morgan fingerprint density at radius 2 is 1.50 bits per heavy atom. The van der Waals surface area contributed by atoms with Crippen molar-refractivity contribution in [2.75, 3.05) is 6.26 Å². The fourth-order valence-corrected chi connectivity index (χ4v) is 1.97. The molecule has 0 aliphatic carbocycles. The van der Waals surface area contributed by atoms with E-state index in [1.165, 1.54) is 16.0 Å². The minimum absolute atomic E-state index is 1.23. The predicted molar refractivity (Wildman–Crippen MR) is 73.6 cm³/mol. The molecule has 0 unspecified atom stereocenters. The first-order chi connectivity index (χ1) is 7.88. The molecule has 2 aromatic rings. The molecule has 0 fully saturated rings. The van der Waals surface area contributed by atoms with Gasteiger partial charge in [0.2, 0.25) is 0 Å². The van der Waals surface area contributed by atoms with Crippen LogP contribution in [0.3, 0.4) is 0 Å². The molecule has 0 atom stereocenters. The molecule has 0 bridgehead atoms. The number of thioether (sulfide) groups is 1. The lowest BCUT2D eigenvalue weighted by Gasteiger charge is -1.98. The van der Waals surface area contributed by atoms with Crippen molar-refractivity contribution in [2.45, 2.75) is 4.90 Å². The van der Waals surface area contributed by atoms with Crippen LogP contribution in [-0.4, -0.2) is 6.26 Å². The van der Waals surface area contributed by atoms with Gasteiger partial charge in [0.05, 0.1) is 0 Å². The summed E-state index contributed by atoms with van der Waals surface area (Å²) in [5, 5.41) is 0. The number of hydrogen-bond donors (Lipinski definition) is 0. The van der Waals surface area contributed by atoms with Crippen LogP contribution in [0.15, 0.2) is 59.5 Å². The summed E-state index contributed by atoms with van der Waals surface area (Å²) in [7, 11) is 0. The van der Waals surface area contributed by atoms with Crippen molar-refractivity contribution < 1.29 is 0 Å². The smallest absolute Gasteiger partial charge is 0.00750 e. The van der Waals surface area contributed by atoms with Crippen molar-refractivity contribution in [3.05, 3.63) is 65.7 Å². The van der Waals surface area contributed by atoms with E-state index in [9.17, 15) is 0 Å². The Bertz CT molecular complexity index is 472. The van der Waals surface area contributed by atoms with Crippen LogP contribution in [0.4, 0.5) is 0 Å². The molecule has 0 radical (unpaired) electrons. The molecule has 0 nitrogen and oxygen atoms in total. The van der Waals surface area contributed by atoms with Gasteiger partial charge in [0.1, 0.15) is 0 Å². The van der Waals surface area contributed by atoms with Crippen LogP contribution in [0.5, 0.6) is 0 Å². The fourth-order valence-electron chi connectivity index (χ4n) is 1.50. The standard InChI is InChI=1S/C15H14S/c1-16-15-9-5-8-14(12-15)11-10-13-6-3-2-4-7-13/h2-12H,1H3. The van der Waals surface area contributed by atoms with Crippen molar-refractivity contribution in [3.63, 3.8) is 0 Å². The zero-order chi connectivity index (χ0) is 11.2. The number of benzene rings is 2. The van der Waals surface area contributed by atoms with Crippen LogP contribution in [0.1, 0.15) is 11.1 Å². The van der Waals surface area contributed by atoms with Gasteiger partial charge >= 0.3 is 0 Å². The van der Waals surface area contributed by atoms with E-state index in [0.29, 0.717) is 0 Å². The normalized spacial score (nSPS) is 10.8. The van der Waals surface area contributed by atoms with Crippen LogP contribution in [0.25, 0.3) is 12.2 Å². The molecule has 16 heavy (non-hydrogen) atoms. The van der Waals surface area contributed by atoms with Gasteiger partial charge in [0, 0.05) is 4.90 Å². The Kier molecular flexibility index (Phi) is 3.84. The molecule has 0 heterocycles. The molecular weight excluding hydrogens is 212 g/mol. The van der Waals surface area contributed by atoms with Crippen LogP contribution in [0.2, 0.25) is 0 Å². The second-order valence-corrected chi connectivity index (χ2v) is 4.40. The first kappa shape index (κ1) is 11.0. The topological polar surface area (TPSA) is 0 Å². The molecule has 0 aliphatic rings. The molecule has 0 aliphatic heterocycles. The highest BCUT2D eigenvalue weighted by molar-refractivity contribution is 7.98. The van der Waals surface area contributed by atoms with Gasteiger partial charge in [0.15, 0.2) is 0 Å². The maximum absolute atomic E-state index is 2.20. The third kappa shape index (κ3) is 3.01. The van der Waals surface area contributed by atoms with Crippen LogP contribution in [0, 0.1) is 0 Å². The molecule has 0 N–H and O–H groups in total. The maximum atomic E-state index is 2.20. The van der Waals surface area contributed by atoms with Gasteiger partial charge in [-0.05, 0) is 29.5 Å². The van der Waals surface area contributed by atoms with Crippen molar-refractivity contribution >= 4 is 23.9 Å². The van der Waals surface area contributed by atoms with Gasteiger partial charge in [-0.25, -0.2) is 0 Å². The van der Waals surface area contributed by atoms with E-state index >= 15 is 0 Å². The number of rotatable bonds is 3. The molecule has 0 saturated heterocycles. The predicted octanol–water partition coefficient (Wildman–Crippen LogP) is 4.58. The van der Waals surface area contributed by atoms with Gasteiger partial charge in [-0.3, -0.25) is 0 Å². The second-order valence-electron chi connectivity index (χ2n) is 3.52. The zero-order valence-electron chi connectivity index (χ0n) is 9.26. The first-order valence-corrected chi connectivity index (χ1v) is 6.48. The summed E-state index contributed by atoms with van der Waals surface area (Å²) in [5.41, 5.74) is 2.48. The van der Waals surface area contributed by atoms with Crippen LogP contribution >= 0.6 is 11.8 Å². The van der Waals surface area contributed by atoms with E-state index in [4.69, 9.17) is 0 Å². The van der Waals surface area contributed by atoms with Crippen molar-refractivity contribution in [1.82, 2.24) is 0 Å². The lowest BCUT2D eigenvalue weighted by Crippen LogP contribution is -1.74. The summed E-state index contributed by atoms with van der Waals surface area (Å²) in [4.78, 5) is 1.30. The Labute approximate surface area is 101 Å². The zero-order valence-corrected chi connectivity index (χ0v) is 10.1. The Morgan fingerprint density at radius 1 is 0.812 bits per heavy atom. The lowest BCUT2D eigenvalue weighted by atomic mass is 10.1. The largest absolute Gasteiger partial charge is 0.130 e. The van der Waals surface area contributed by atoms with E-state index < -0.39 is 0 Å². The molecule has 2 rings (SSSR count). The first-order valence-electron chi connectivity index (χ1n) is 5.26. The van der Waals surface area contributed by atoms with Gasteiger partial charge in [-0.1, -0.05) is 54.6 Å². The summed E-state index contributed by atoms with van der Waals surface area (Å²) in [5.74, 6) is 0. The Morgan fingerprint density at radius 3 is 2.25 bits per heavy atom. The minimum atomic E-state index is 1.23.